The average Bonchev–Trinajstić information content (AvgIpc) is 2.54. The summed E-state index contributed by atoms with van der Waals surface area (Å²) in [4.78, 5) is 6.16. The van der Waals surface area contributed by atoms with E-state index in [1.807, 2.05) is 38.2 Å². The third-order valence-electron chi connectivity index (χ3n) is 3.54. The molecule has 0 bridgehead atoms. The molecule has 124 valence electrons. The van der Waals surface area contributed by atoms with Gasteiger partial charge in [0.15, 0.2) is 0 Å². The van der Waals surface area contributed by atoms with Crippen LogP contribution < -0.4 is 9.62 Å². The molecule has 1 aromatic carbocycles. The Kier molecular flexibility index (Phi) is 5.98. The lowest BCUT2D eigenvalue weighted by atomic mass is 10.2. The smallest absolute Gasteiger partial charge is 0.232 e. The fourth-order valence-electron chi connectivity index (χ4n) is 2.26. The number of benzene rings is 1. The second-order valence-corrected chi connectivity index (χ2v) is 7.34. The minimum absolute atomic E-state index is 0.139. The van der Waals surface area contributed by atoms with Crippen LogP contribution in [-0.4, -0.2) is 32.7 Å². The topological polar surface area (TPSA) is 62.3 Å². The Balaban J connectivity index is 1.93. The number of anilines is 2. The number of likely N-dealkylation sites (N-methyl/N-ethyl adjacent to an activating group) is 1. The molecule has 6 heteroatoms. The molecule has 0 aliphatic heterocycles. The van der Waals surface area contributed by atoms with Crippen molar-refractivity contribution in [2.24, 2.45) is 0 Å². The molecule has 0 spiro atoms. The summed E-state index contributed by atoms with van der Waals surface area (Å²) in [6.45, 7) is 2.73. The zero-order valence-corrected chi connectivity index (χ0v) is 14.4. The summed E-state index contributed by atoms with van der Waals surface area (Å²) < 4.78 is 26.1. The zero-order chi connectivity index (χ0) is 16.7. The summed E-state index contributed by atoms with van der Waals surface area (Å²) in [6.07, 6.45) is 5.13. The quantitative estimate of drug-likeness (QED) is 0.807. The largest absolute Gasteiger partial charge is 0.374 e. The van der Waals surface area contributed by atoms with Gasteiger partial charge in [-0.05, 0) is 54.8 Å². The van der Waals surface area contributed by atoms with Gasteiger partial charge in [0.25, 0.3) is 0 Å². The first kappa shape index (κ1) is 17.3. The molecule has 5 nitrogen and oxygen atoms in total. The molecule has 0 saturated carbocycles. The van der Waals surface area contributed by atoms with Crippen LogP contribution in [0.1, 0.15) is 18.9 Å². The maximum absolute atomic E-state index is 11.8. The van der Waals surface area contributed by atoms with Crippen molar-refractivity contribution in [1.29, 1.82) is 0 Å². The van der Waals surface area contributed by atoms with Crippen LogP contribution in [0.15, 0.2) is 48.8 Å². The molecule has 1 N–H and O–H groups in total. The highest BCUT2D eigenvalue weighted by Gasteiger charge is 2.09. The molecule has 0 fully saturated rings. The second kappa shape index (κ2) is 7.97. The van der Waals surface area contributed by atoms with Crippen molar-refractivity contribution in [3.8, 4) is 0 Å². The van der Waals surface area contributed by atoms with Crippen LogP contribution in [-0.2, 0) is 16.4 Å². The van der Waals surface area contributed by atoms with E-state index in [9.17, 15) is 8.42 Å². The Morgan fingerprint density at radius 1 is 1.09 bits per heavy atom. The van der Waals surface area contributed by atoms with Crippen molar-refractivity contribution in [2.75, 3.05) is 29.0 Å². The summed E-state index contributed by atoms with van der Waals surface area (Å²) in [7, 11) is -1.21. The molecule has 0 atom stereocenters. The molecule has 0 saturated heterocycles. The van der Waals surface area contributed by atoms with Crippen LogP contribution in [0, 0.1) is 0 Å². The summed E-state index contributed by atoms with van der Waals surface area (Å²) >= 11 is 0. The van der Waals surface area contributed by atoms with Crippen molar-refractivity contribution in [3.05, 3.63) is 54.4 Å². The van der Waals surface area contributed by atoms with E-state index in [2.05, 4.69) is 14.6 Å². The van der Waals surface area contributed by atoms with E-state index >= 15 is 0 Å². The van der Waals surface area contributed by atoms with Gasteiger partial charge in [0.1, 0.15) is 0 Å². The van der Waals surface area contributed by atoms with E-state index in [0.29, 0.717) is 12.1 Å². The van der Waals surface area contributed by atoms with Gasteiger partial charge in [-0.3, -0.25) is 9.71 Å². The molecule has 2 aromatic rings. The third kappa shape index (κ3) is 5.56. The number of nitrogens with one attached hydrogen (secondary N) is 1. The number of nitrogens with zero attached hydrogens (tertiary/aromatic N) is 2. The molecule has 0 aliphatic rings. The van der Waals surface area contributed by atoms with Crippen molar-refractivity contribution in [2.45, 2.75) is 19.8 Å². The Morgan fingerprint density at radius 2 is 1.74 bits per heavy atom. The van der Waals surface area contributed by atoms with Crippen molar-refractivity contribution >= 4 is 21.4 Å². The molecule has 0 unspecified atom stereocenters. The molecule has 0 aliphatic carbocycles. The number of aromatic nitrogens is 1. The molecule has 1 aromatic heterocycles. The fourth-order valence-corrected chi connectivity index (χ4v) is 3.39. The van der Waals surface area contributed by atoms with Gasteiger partial charge in [0.2, 0.25) is 10.0 Å². The summed E-state index contributed by atoms with van der Waals surface area (Å²) in [5, 5.41) is 0. The van der Waals surface area contributed by atoms with Gasteiger partial charge >= 0.3 is 0 Å². The van der Waals surface area contributed by atoms with E-state index in [0.717, 1.165) is 18.7 Å². The first-order chi connectivity index (χ1) is 11.0. The highest BCUT2D eigenvalue weighted by Crippen LogP contribution is 2.18. The fraction of sp³-hybridized carbons (Fsp3) is 0.353. The van der Waals surface area contributed by atoms with Crippen molar-refractivity contribution in [3.63, 3.8) is 0 Å². The van der Waals surface area contributed by atoms with Crippen LogP contribution in [0.4, 0.5) is 11.4 Å². The van der Waals surface area contributed by atoms with Gasteiger partial charge in [0, 0.05) is 37.4 Å². The number of rotatable bonds is 8. The maximum atomic E-state index is 11.8. The normalized spacial score (nSPS) is 11.2. The van der Waals surface area contributed by atoms with Gasteiger partial charge in [-0.15, -0.1) is 0 Å². The van der Waals surface area contributed by atoms with Crippen LogP contribution >= 0.6 is 0 Å². The molecule has 2 rings (SSSR count). The SMILES string of the molecule is CCCS(=O)(=O)Nc1ccc(N(C)CCc2ccncc2)cc1. The molecule has 0 radical (unpaired) electrons. The minimum atomic E-state index is -3.23. The standard InChI is InChI=1S/C17H23N3O2S/c1-3-14-23(21,22)19-16-4-6-17(7-5-16)20(2)13-10-15-8-11-18-12-9-15/h4-9,11-12,19H,3,10,13-14H2,1-2H3. The molecular weight excluding hydrogens is 310 g/mol. The van der Waals surface area contributed by atoms with Gasteiger partial charge in [-0.25, -0.2) is 8.42 Å². The van der Waals surface area contributed by atoms with Crippen LogP contribution in [0.25, 0.3) is 0 Å². The van der Waals surface area contributed by atoms with E-state index in [1.165, 1.54) is 5.56 Å². The summed E-state index contributed by atoms with van der Waals surface area (Å²) in [5.41, 5.74) is 2.90. The Labute approximate surface area is 138 Å². The second-order valence-electron chi connectivity index (χ2n) is 5.49. The summed E-state index contributed by atoms with van der Waals surface area (Å²) in [6, 6.07) is 11.5. The average molecular weight is 333 g/mol. The summed E-state index contributed by atoms with van der Waals surface area (Å²) in [5.74, 6) is 0.139. The lowest BCUT2D eigenvalue weighted by Crippen LogP contribution is -2.20. The number of hydrogen-bond donors (Lipinski definition) is 1. The number of sulfonamides is 1. The Morgan fingerprint density at radius 3 is 2.35 bits per heavy atom. The Hall–Kier alpha value is -2.08. The maximum Gasteiger partial charge on any atom is 0.232 e. The first-order valence-corrected chi connectivity index (χ1v) is 9.36. The van der Waals surface area contributed by atoms with Gasteiger partial charge in [0.05, 0.1) is 5.75 Å². The van der Waals surface area contributed by atoms with E-state index in [-0.39, 0.29) is 5.75 Å². The van der Waals surface area contributed by atoms with Gasteiger partial charge in [-0.2, -0.15) is 0 Å². The molecule has 23 heavy (non-hydrogen) atoms. The predicted octanol–water partition coefficient (Wildman–Crippen LogP) is 2.91. The van der Waals surface area contributed by atoms with Crippen LogP contribution in [0.3, 0.4) is 0 Å². The molecular formula is C17H23N3O2S. The van der Waals surface area contributed by atoms with E-state index < -0.39 is 10.0 Å². The lowest BCUT2D eigenvalue weighted by molar-refractivity contribution is 0.600. The first-order valence-electron chi connectivity index (χ1n) is 7.71. The monoisotopic (exact) mass is 333 g/mol. The minimum Gasteiger partial charge on any atom is -0.374 e. The third-order valence-corrected chi connectivity index (χ3v) is 5.03. The highest BCUT2D eigenvalue weighted by atomic mass is 32.2. The predicted molar refractivity (Wildman–Crippen MR) is 95.4 cm³/mol. The van der Waals surface area contributed by atoms with E-state index in [1.54, 1.807) is 24.5 Å². The number of hydrogen-bond acceptors (Lipinski definition) is 4. The van der Waals surface area contributed by atoms with Crippen LogP contribution in [0.5, 0.6) is 0 Å². The number of pyridine rings is 1. The van der Waals surface area contributed by atoms with Gasteiger partial charge < -0.3 is 4.90 Å². The lowest BCUT2D eigenvalue weighted by Gasteiger charge is -2.19. The molecule has 1 heterocycles. The van der Waals surface area contributed by atoms with Crippen molar-refractivity contribution < 1.29 is 8.42 Å². The zero-order valence-electron chi connectivity index (χ0n) is 13.6. The molecule has 0 amide bonds. The van der Waals surface area contributed by atoms with E-state index in [4.69, 9.17) is 0 Å². The van der Waals surface area contributed by atoms with Crippen molar-refractivity contribution in [1.82, 2.24) is 4.98 Å². The van der Waals surface area contributed by atoms with Crippen LogP contribution in [0.2, 0.25) is 0 Å². The Bertz CT molecular complexity index is 700. The van der Waals surface area contributed by atoms with Gasteiger partial charge in [-0.1, -0.05) is 6.92 Å². The highest BCUT2D eigenvalue weighted by molar-refractivity contribution is 7.92.